The Kier molecular flexibility index (Phi) is 5.33. The van der Waals surface area contributed by atoms with Gasteiger partial charge in [0.05, 0.1) is 5.56 Å². The van der Waals surface area contributed by atoms with Crippen LogP contribution < -0.4 is 4.74 Å². The minimum absolute atomic E-state index is 0.00594. The van der Waals surface area contributed by atoms with Crippen LogP contribution in [0.25, 0.3) is 0 Å². The molecule has 0 aliphatic carbocycles. The molecule has 2 aromatic carbocycles. The fraction of sp³-hybridized carbons (Fsp3) is 0.278. The van der Waals surface area contributed by atoms with E-state index in [2.05, 4.69) is 22.6 Å². The third-order valence-corrected chi connectivity index (χ3v) is 4.96. The highest BCUT2D eigenvalue weighted by molar-refractivity contribution is 14.1. The third kappa shape index (κ3) is 3.85. The van der Waals surface area contributed by atoms with E-state index in [1.807, 2.05) is 24.3 Å². The molecule has 0 N–H and O–H groups in total. The molecule has 1 heterocycles. The molecule has 0 bridgehead atoms. The Hall–Kier alpha value is -1.70. The number of carbonyl (C=O) groups excluding carboxylic acids is 1. The van der Waals surface area contributed by atoms with Gasteiger partial charge in [0.2, 0.25) is 0 Å². The van der Waals surface area contributed by atoms with E-state index in [-0.39, 0.29) is 17.8 Å². The maximum Gasteiger partial charge on any atom is 0.254 e. The quantitative estimate of drug-likeness (QED) is 0.664. The summed E-state index contributed by atoms with van der Waals surface area (Å²) in [5, 5.41) is 0. The molecule has 1 amide bonds. The maximum atomic E-state index is 13.6. The Morgan fingerprint density at radius 3 is 2.50 bits per heavy atom. The van der Waals surface area contributed by atoms with Crippen molar-refractivity contribution >= 4 is 28.5 Å². The lowest BCUT2D eigenvalue weighted by atomic mass is 10.1. The smallest absolute Gasteiger partial charge is 0.254 e. The van der Waals surface area contributed by atoms with Gasteiger partial charge >= 0.3 is 0 Å². The van der Waals surface area contributed by atoms with Crippen molar-refractivity contribution < 1.29 is 18.3 Å². The van der Waals surface area contributed by atoms with Gasteiger partial charge in [0.1, 0.15) is 11.9 Å². The summed E-state index contributed by atoms with van der Waals surface area (Å²) in [4.78, 5) is 14.3. The van der Waals surface area contributed by atoms with Crippen LogP contribution in [0.3, 0.4) is 0 Å². The Labute approximate surface area is 152 Å². The van der Waals surface area contributed by atoms with Gasteiger partial charge in [0, 0.05) is 35.6 Å². The van der Waals surface area contributed by atoms with Crippen molar-refractivity contribution in [3.8, 4) is 5.75 Å². The molecule has 0 radical (unpaired) electrons. The molecule has 126 valence electrons. The van der Waals surface area contributed by atoms with Gasteiger partial charge in [-0.3, -0.25) is 4.79 Å². The van der Waals surface area contributed by atoms with Crippen LogP contribution in [0.5, 0.6) is 5.75 Å². The summed E-state index contributed by atoms with van der Waals surface area (Å²) in [6.07, 6.45) is 1.06. The zero-order valence-electron chi connectivity index (χ0n) is 12.8. The normalized spacial score (nSPS) is 15.4. The number of hydrogen-bond acceptors (Lipinski definition) is 2. The molecule has 1 aliphatic heterocycles. The van der Waals surface area contributed by atoms with Crippen molar-refractivity contribution in [2.75, 3.05) is 13.1 Å². The first kappa shape index (κ1) is 17.1. The molecule has 0 unspecified atom stereocenters. The summed E-state index contributed by atoms with van der Waals surface area (Å²) in [6, 6.07) is 10.8. The molecule has 1 saturated heterocycles. The Morgan fingerprint density at radius 1 is 1.12 bits per heavy atom. The van der Waals surface area contributed by atoms with Crippen LogP contribution >= 0.6 is 22.6 Å². The highest BCUT2D eigenvalue weighted by Crippen LogP contribution is 2.24. The highest BCUT2D eigenvalue weighted by Gasteiger charge is 2.26. The molecule has 0 saturated carbocycles. The van der Waals surface area contributed by atoms with E-state index < -0.39 is 11.6 Å². The number of benzene rings is 2. The topological polar surface area (TPSA) is 29.5 Å². The van der Waals surface area contributed by atoms with E-state index >= 15 is 0 Å². The number of hydrogen-bond donors (Lipinski definition) is 0. The van der Waals surface area contributed by atoms with Crippen molar-refractivity contribution in [1.29, 1.82) is 0 Å². The number of amides is 1. The number of ether oxygens (including phenoxy) is 1. The van der Waals surface area contributed by atoms with Crippen molar-refractivity contribution in [2.45, 2.75) is 18.9 Å². The van der Waals surface area contributed by atoms with E-state index in [1.54, 1.807) is 4.90 Å². The molecule has 1 fully saturated rings. The fourth-order valence-corrected chi connectivity index (χ4v) is 3.35. The van der Waals surface area contributed by atoms with Crippen molar-refractivity contribution in [2.24, 2.45) is 0 Å². The zero-order chi connectivity index (χ0) is 17.1. The molecular weight excluding hydrogens is 427 g/mol. The minimum atomic E-state index is -0.702. The van der Waals surface area contributed by atoms with Gasteiger partial charge in [0.25, 0.3) is 5.91 Å². The molecule has 6 heteroatoms. The summed E-state index contributed by atoms with van der Waals surface area (Å²) in [6.45, 7) is 1.11. The largest absolute Gasteiger partial charge is 0.487 e. The van der Waals surface area contributed by atoms with E-state index in [9.17, 15) is 13.6 Å². The molecule has 0 spiro atoms. The van der Waals surface area contributed by atoms with Gasteiger partial charge in [-0.25, -0.2) is 8.78 Å². The van der Waals surface area contributed by atoms with Gasteiger partial charge in [-0.05, 0) is 46.9 Å². The average molecular weight is 443 g/mol. The number of halogens is 3. The zero-order valence-corrected chi connectivity index (χ0v) is 15.0. The SMILES string of the molecule is O=C(c1ccccc1I)N1CCC(Oc2ccc(F)cc2F)CC1. The second kappa shape index (κ2) is 7.46. The molecule has 1 aliphatic rings. The first-order valence-electron chi connectivity index (χ1n) is 7.70. The van der Waals surface area contributed by atoms with Crippen LogP contribution in [0.15, 0.2) is 42.5 Å². The molecule has 2 aromatic rings. The maximum absolute atomic E-state index is 13.6. The van der Waals surface area contributed by atoms with Crippen LogP contribution in [0, 0.1) is 15.2 Å². The summed E-state index contributed by atoms with van der Waals surface area (Å²) in [7, 11) is 0. The number of rotatable bonds is 3. The van der Waals surface area contributed by atoms with E-state index in [0.29, 0.717) is 31.5 Å². The van der Waals surface area contributed by atoms with Crippen LogP contribution in [0.1, 0.15) is 23.2 Å². The second-order valence-electron chi connectivity index (χ2n) is 5.66. The summed E-state index contributed by atoms with van der Waals surface area (Å²) in [5.74, 6) is -1.27. The lowest BCUT2D eigenvalue weighted by molar-refractivity contribution is 0.0587. The number of carbonyl (C=O) groups is 1. The standard InChI is InChI=1S/C18H16F2INO2/c19-12-5-6-17(15(20)11-12)24-13-7-9-22(10-8-13)18(23)14-3-1-2-4-16(14)21/h1-6,11,13H,7-10H2. The average Bonchev–Trinajstić information content (AvgIpc) is 2.58. The number of nitrogens with zero attached hydrogens (tertiary/aromatic N) is 1. The summed E-state index contributed by atoms with van der Waals surface area (Å²) >= 11 is 2.15. The third-order valence-electron chi connectivity index (χ3n) is 4.02. The van der Waals surface area contributed by atoms with Gasteiger partial charge in [-0.1, -0.05) is 12.1 Å². The molecule has 24 heavy (non-hydrogen) atoms. The van der Waals surface area contributed by atoms with Crippen molar-refractivity contribution in [3.63, 3.8) is 0 Å². The number of piperidine rings is 1. The van der Waals surface area contributed by atoms with Crippen molar-refractivity contribution in [1.82, 2.24) is 4.90 Å². The van der Waals surface area contributed by atoms with E-state index in [1.165, 1.54) is 12.1 Å². The predicted octanol–water partition coefficient (Wildman–Crippen LogP) is 4.25. The first-order chi connectivity index (χ1) is 11.5. The Bertz CT molecular complexity index is 746. The molecular formula is C18H16F2INO2. The second-order valence-corrected chi connectivity index (χ2v) is 6.83. The van der Waals surface area contributed by atoms with Crippen LogP contribution in [-0.4, -0.2) is 30.0 Å². The summed E-state index contributed by atoms with van der Waals surface area (Å²) in [5.41, 5.74) is 0.696. The van der Waals surface area contributed by atoms with Crippen LogP contribution in [0.4, 0.5) is 8.78 Å². The van der Waals surface area contributed by atoms with Crippen LogP contribution in [0.2, 0.25) is 0 Å². The summed E-state index contributed by atoms with van der Waals surface area (Å²) < 4.78 is 33.1. The Balaban J connectivity index is 1.60. The van der Waals surface area contributed by atoms with Crippen LogP contribution in [-0.2, 0) is 0 Å². The predicted molar refractivity (Wildman–Crippen MR) is 95.1 cm³/mol. The minimum Gasteiger partial charge on any atom is -0.487 e. The monoisotopic (exact) mass is 443 g/mol. The molecule has 0 atom stereocenters. The van der Waals surface area contributed by atoms with Gasteiger partial charge < -0.3 is 9.64 Å². The Morgan fingerprint density at radius 2 is 1.83 bits per heavy atom. The van der Waals surface area contributed by atoms with Gasteiger partial charge in [-0.15, -0.1) is 0 Å². The fourth-order valence-electron chi connectivity index (χ4n) is 2.73. The van der Waals surface area contributed by atoms with Gasteiger partial charge in [0.15, 0.2) is 11.6 Å². The molecule has 3 rings (SSSR count). The van der Waals surface area contributed by atoms with E-state index in [0.717, 1.165) is 9.64 Å². The lowest BCUT2D eigenvalue weighted by Crippen LogP contribution is -2.42. The van der Waals surface area contributed by atoms with E-state index in [4.69, 9.17) is 4.74 Å². The first-order valence-corrected chi connectivity index (χ1v) is 8.78. The highest BCUT2D eigenvalue weighted by atomic mass is 127. The molecule has 3 nitrogen and oxygen atoms in total. The number of likely N-dealkylation sites (tertiary alicyclic amines) is 1. The lowest BCUT2D eigenvalue weighted by Gasteiger charge is -2.32. The molecule has 0 aromatic heterocycles. The van der Waals surface area contributed by atoms with Gasteiger partial charge in [-0.2, -0.15) is 0 Å². The van der Waals surface area contributed by atoms with Crippen molar-refractivity contribution in [3.05, 3.63) is 63.2 Å².